The molecule has 0 unspecified atom stereocenters. The number of ether oxygens (including phenoxy) is 1. The van der Waals surface area contributed by atoms with Gasteiger partial charge in [0.15, 0.2) is 9.84 Å². The molecule has 22 heavy (non-hydrogen) atoms. The molecule has 0 aromatic heterocycles. The third-order valence-corrected chi connectivity index (χ3v) is 6.62. The molecule has 0 spiro atoms. The molecule has 1 aliphatic rings. The highest BCUT2D eigenvalue weighted by Gasteiger charge is 2.30. The van der Waals surface area contributed by atoms with Gasteiger partial charge in [0.2, 0.25) is 5.91 Å². The van der Waals surface area contributed by atoms with Crippen molar-refractivity contribution in [3.8, 4) is 5.75 Å². The molecule has 1 aliphatic carbocycles. The van der Waals surface area contributed by atoms with Gasteiger partial charge < -0.3 is 10.1 Å². The zero-order valence-corrected chi connectivity index (χ0v) is 14.9. The highest BCUT2D eigenvalue weighted by atomic mass is 79.9. The van der Waals surface area contributed by atoms with E-state index in [2.05, 4.69) is 21.2 Å². The topological polar surface area (TPSA) is 72.5 Å². The Morgan fingerprint density at radius 1 is 1.36 bits per heavy atom. The molecule has 0 radical (unpaired) electrons. The van der Waals surface area contributed by atoms with Crippen molar-refractivity contribution in [3.63, 3.8) is 0 Å². The number of methoxy groups -OCH3 is 1. The van der Waals surface area contributed by atoms with E-state index < -0.39 is 21.5 Å². The number of rotatable bonds is 6. The second-order valence-corrected chi connectivity index (χ2v) is 8.59. The van der Waals surface area contributed by atoms with Crippen LogP contribution in [-0.2, 0) is 21.2 Å². The minimum absolute atomic E-state index is 0.293. The van der Waals surface area contributed by atoms with Gasteiger partial charge in [-0.25, -0.2) is 8.42 Å². The normalized spacial score (nSPS) is 15.7. The molecular formula is C15H20BrNO4S. The Balaban J connectivity index is 1.88. The summed E-state index contributed by atoms with van der Waals surface area (Å²) in [5, 5.41) is 2.32. The fourth-order valence-electron chi connectivity index (χ4n) is 2.62. The van der Waals surface area contributed by atoms with Crippen LogP contribution in [0.5, 0.6) is 5.75 Å². The number of halogens is 1. The Morgan fingerprint density at radius 2 is 2.05 bits per heavy atom. The Bertz CT molecular complexity index is 639. The summed E-state index contributed by atoms with van der Waals surface area (Å²) in [5.74, 6) is -0.160. The van der Waals surface area contributed by atoms with E-state index >= 15 is 0 Å². The van der Waals surface area contributed by atoms with Crippen molar-refractivity contribution in [3.05, 3.63) is 28.2 Å². The molecule has 1 fully saturated rings. The van der Waals surface area contributed by atoms with Crippen molar-refractivity contribution in [1.82, 2.24) is 5.32 Å². The van der Waals surface area contributed by atoms with Gasteiger partial charge in [-0.15, -0.1) is 0 Å². The van der Waals surface area contributed by atoms with Crippen molar-refractivity contribution in [2.24, 2.45) is 0 Å². The standard InChI is InChI=1S/C15H20BrNO4S/c1-21-14-7-6-11(8-13(14)16)9-17-15(18)10-22(19,20)12-4-2-3-5-12/h6-8,12H,2-5,9-10H2,1H3,(H,17,18). The van der Waals surface area contributed by atoms with Crippen molar-refractivity contribution in [1.29, 1.82) is 0 Å². The molecule has 2 rings (SSSR count). The van der Waals surface area contributed by atoms with Crippen LogP contribution in [0.4, 0.5) is 0 Å². The van der Waals surface area contributed by atoms with E-state index in [4.69, 9.17) is 4.74 Å². The third-order valence-electron chi connectivity index (χ3n) is 3.85. The van der Waals surface area contributed by atoms with Gasteiger partial charge in [0, 0.05) is 6.54 Å². The molecule has 0 aliphatic heterocycles. The van der Waals surface area contributed by atoms with E-state index in [0.717, 1.165) is 22.9 Å². The van der Waals surface area contributed by atoms with Gasteiger partial charge in [0.25, 0.3) is 0 Å². The zero-order valence-electron chi connectivity index (χ0n) is 12.5. The molecule has 7 heteroatoms. The van der Waals surface area contributed by atoms with Gasteiger partial charge in [-0.2, -0.15) is 0 Å². The van der Waals surface area contributed by atoms with Gasteiger partial charge in [-0.1, -0.05) is 18.9 Å². The van der Waals surface area contributed by atoms with Crippen LogP contribution in [0.15, 0.2) is 22.7 Å². The predicted octanol–water partition coefficient (Wildman–Crippen LogP) is 2.43. The second kappa shape index (κ2) is 7.46. The van der Waals surface area contributed by atoms with Crippen LogP contribution in [0.1, 0.15) is 31.2 Å². The summed E-state index contributed by atoms with van der Waals surface area (Å²) in [4.78, 5) is 11.9. The lowest BCUT2D eigenvalue weighted by Gasteiger charge is -2.11. The number of carbonyl (C=O) groups excluding carboxylic acids is 1. The van der Waals surface area contributed by atoms with Crippen LogP contribution < -0.4 is 10.1 Å². The fourth-order valence-corrected chi connectivity index (χ4v) is 4.96. The summed E-state index contributed by atoms with van der Waals surface area (Å²) in [6.45, 7) is 0.293. The van der Waals surface area contributed by atoms with Crippen molar-refractivity contribution in [2.45, 2.75) is 37.5 Å². The van der Waals surface area contributed by atoms with E-state index in [1.165, 1.54) is 0 Å². The van der Waals surface area contributed by atoms with Gasteiger partial charge in [-0.3, -0.25) is 4.79 Å². The summed E-state index contributed by atoms with van der Waals surface area (Å²) in [6, 6.07) is 5.46. The van der Waals surface area contributed by atoms with Crippen LogP contribution in [0.2, 0.25) is 0 Å². The minimum Gasteiger partial charge on any atom is -0.496 e. The molecule has 1 aromatic carbocycles. The molecule has 0 saturated heterocycles. The first-order chi connectivity index (χ1) is 10.4. The van der Waals surface area contributed by atoms with E-state index in [-0.39, 0.29) is 5.25 Å². The lowest BCUT2D eigenvalue weighted by Crippen LogP contribution is -2.33. The average Bonchev–Trinajstić information content (AvgIpc) is 3.00. The Labute approximate surface area is 139 Å². The highest BCUT2D eigenvalue weighted by molar-refractivity contribution is 9.10. The number of carbonyl (C=O) groups is 1. The van der Waals surface area contributed by atoms with Crippen molar-refractivity contribution < 1.29 is 17.9 Å². The summed E-state index contributed by atoms with van der Waals surface area (Å²) >= 11 is 3.37. The Hall–Kier alpha value is -1.08. The van der Waals surface area contributed by atoms with E-state index in [9.17, 15) is 13.2 Å². The number of hydrogen-bond donors (Lipinski definition) is 1. The number of benzene rings is 1. The van der Waals surface area contributed by atoms with Crippen LogP contribution >= 0.6 is 15.9 Å². The van der Waals surface area contributed by atoms with Crippen molar-refractivity contribution in [2.75, 3.05) is 12.9 Å². The van der Waals surface area contributed by atoms with Gasteiger partial charge in [-0.05, 0) is 46.5 Å². The zero-order chi connectivity index (χ0) is 16.2. The minimum atomic E-state index is -3.32. The summed E-state index contributed by atoms with van der Waals surface area (Å²) < 4.78 is 30.1. The smallest absolute Gasteiger partial charge is 0.235 e. The maximum Gasteiger partial charge on any atom is 0.235 e. The largest absolute Gasteiger partial charge is 0.496 e. The highest BCUT2D eigenvalue weighted by Crippen LogP contribution is 2.26. The molecule has 1 aromatic rings. The first-order valence-corrected chi connectivity index (χ1v) is 9.74. The van der Waals surface area contributed by atoms with Crippen LogP contribution in [-0.4, -0.2) is 32.4 Å². The second-order valence-electron chi connectivity index (χ2n) is 5.46. The van der Waals surface area contributed by atoms with Crippen LogP contribution in [0, 0.1) is 0 Å². The quantitative estimate of drug-likeness (QED) is 0.810. The van der Waals surface area contributed by atoms with E-state index in [1.54, 1.807) is 13.2 Å². The average molecular weight is 390 g/mol. The first-order valence-electron chi connectivity index (χ1n) is 7.23. The molecular weight excluding hydrogens is 370 g/mol. The maximum atomic E-state index is 12.1. The molecule has 1 amide bonds. The van der Waals surface area contributed by atoms with Crippen LogP contribution in [0.3, 0.4) is 0 Å². The molecule has 0 atom stereocenters. The number of sulfone groups is 1. The summed E-state index contributed by atoms with van der Waals surface area (Å²) in [5.41, 5.74) is 0.874. The molecule has 122 valence electrons. The molecule has 1 N–H and O–H groups in total. The first kappa shape index (κ1) is 17.3. The van der Waals surface area contributed by atoms with Crippen molar-refractivity contribution >= 4 is 31.7 Å². The lowest BCUT2D eigenvalue weighted by molar-refractivity contribution is -0.118. The number of hydrogen-bond acceptors (Lipinski definition) is 4. The van der Waals surface area contributed by atoms with Gasteiger partial charge >= 0.3 is 0 Å². The Kier molecular flexibility index (Phi) is 5.86. The predicted molar refractivity (Wildman–Crippen MR) is 88.6 cm³/mol. The molecule has 1 saturated carbocycles. The lowest BCUT2D eigenvalue weighted by atomic mass is 10.2. The summed E-state index contributed by atoms with van der Waals surface area (Å²) in [7, 11) is -1.74. The monoisotopic (exact) mass is 389 g/mol. The fraction of sp³-hybridized carbons (Fsp3) is 0.533. The van der Waals surface area contributed by atoms with Gasteiger partial charge in [0.1, 0.15) is 11.5 Å². The number of amides is 1. The molecule has 0 heterocycles. The SMILES string of the molecule is COc1ccc(CNC(=O)CS(=O)(=O)C2CCCC2)cc1Br. The van der Waals surface area contributed by atoms with E-state index in [0.29, 0.717) is 25.1 Å². The van der Waals surface area contributed by atoms with Crippen LogP contribution in [0.25, 0.3) is 0 Å². The van der Waals surface area contributed by atoms with Gasteiger partial charge in [0.05, 0.1) is 16.8 Å². The van der Waals surface area contributed by atoms with E-state index in [1.807, 2.05) is 12.1 Å². The third kappa shape index (κ3) is 4.46. The maximum absolute atomic E-state index is 12.1. The Morgan fingerprint density at radius 3 is 2.64 bits per heavy atom. The molecule has 5 nitrogen and oxygen atoms in total. The molecule has 0 bridgehead atoms. The number of nitrogens with one attached hydrogen (secondary N) is 1. The summed E-state index contributed by atoms with van der Waals surface area (Å²) in [6.07, 6.45) is 3.23.